The molecule has 6 heteroatoms. The number of nitrogens with zero attached hydrogens (tertiary/aromatic N) is 1. The average molecular weight is 276 g/mol. The number of hydrogen-bond donors (Lipinski definition) is 2. The van der Waals surface area contributed by atoms with Crippen molar-refractivity contribution in [3.05, 3.63) is 0 Å². The van der Waals surface area contributed by atoms with Gasteiger partial charge < -0.3 is 10.4 Å². The van der Waals surface area contributed by atoms with E-state index in [0.717, 1.165) is 39.0 Å². The molecular formula is C12H24N2O3S. The molecule has 2 aliphatic heterocycles. The Morgan fingerprint density at radius 3 is 2.44 bits per heavy atom. The molecule has 0 bridgehead atoms. The van der Waals surface area contributed by atoms with Crippen LogP contribution in [0.1, 0.15) is 19.8 Å². The zero-order valence-corrected chi connectivity index (χ0v) is 11.8. The van der Waals surface area contributed by atoms with E-state index in [1.54, 1.807) is 0 Å². The Kier molecular flexibility index (Phi) is 4.64. The first kappa shape index (κ1) is 14.2. The van der Waals surface area contributed by atoms with E-state index >= 15 is 0 Å². The number of nitrogens with one attached hydrogen (secondary N) is 1. The second kappa shape index (κ2) is 5.86. The molecule has 18 heavy (non-hydrogen) atoms. The van der Waals surface area contributed by atoms with Gasteiger partial charge in [-0.3, -0.25) is 4.90 Å². The Labute approximate surface area is 109 Å². The summed E-state index contributed by atoms with van der Waals surface area (Å²) in [6.07, 6.45) is 1.49. The van der Waals surface area contributed by atoms with E-state index < -0.39 is 15.9 Å². The van der Waals surface area contributed by atoms with Gasteiger partial charge >= 0.3 is 0 Å². The maximum Gasteiger partial charge on any atom is 0.154 e. The number of aliphatic hydroxyl groups is 1. The number of rotatable bonds is 4. The third kappa shape index (κ3) is 3.44. The highest BCUT2D eigenvalue weighted by Crippen LogP contribution is 2.24. The van der Waals surface area contributed by atoms with Crippen molar-refractivity contribution in [2.24, 2.45) is 5.92 Å². The molecule has 2 aliphatic rings. The molecule has 2 N–H and O–H groups in total. The summed E-state index contributed by atoms with van der Waals surface area (Å²) in [5, 5.41) is 13.2. The van der Waals surface area contributed by atoms with Crippen molar-refractivity contribution in [2.45, 2.75) is 31.9 Å². The van der Waals surface area contributed by atoms with E-state index in [-0.39, 0.29) is 17.5 Å². The molecular weight excluding hydrogens is 252 g/mol. The molecule has 0 saturated carbocycles. The molecule has 0 aromatic rings. The largest absolute Gasteiger partial charge is 0.390 e. The Balaban J connectivity index is 1.83. The van der Waals surface area contributed by atoms with Crippen LogP contribution in [0.2, 0.25) is 0 Å². The van der Waals surface area contributed by atoms with Crippen molar-refractivity contribution in [2.75, 3.05) is 37.7 Å². The van der Waals surface area contributed by atoms with E-state index in [1.165, 1.54) is 0 Å². The minimum Gasteiger partial charge on any atom is -0.390 e. The number of sulfone groups is 1. The third-order valence-corrected chi connectivity index (χ3v) is 5.79. The van der Waals surface area contributed by atoms with Crippen LogP contribution in [0, 0.1) is 5.92 Å². The Morgan fingerprint density at radius 2 is 1.94 bits per heavy atom. The molecule has 2 fully saturated rings. The molecule has 0 amide bonds. The lowest BCUT2D eigenvalue weighted by molar-refractivity contribution is 0.0588. The van der Waals surface area contributed by atoms with Crippen LogP contribution >= 0.6 is 0 Å². The maximum atomic E-state index is 11.5. The quantitative estimate of drug-likeness (QED) is 0.722. The molecule has 0 aromatic heterocycles. The molecule has 2 heterocycles. The second-order valence-electron chi connectivity index (χ2n) is 5.50. The highest BCUT2D eigenvalue weighted by atomic mass is 32.2. The summed E-state index contributed by atoms with van der Waals surface area (Å²) in [5.74, 6) is 0.762. The van der Waals surface area contributed by atoms with Gasteiger partial charge in [0.15, 0.2) is 9.84 Å². The zero-order chi connectivity index (χ0) is 13.2. The summed E-state index contributed by atoms with van der Waals surface area (Å²) in [6.45, 7) is 5.98. The van der Waals surface area contributed by atoms with Crippen LogP contribution in [0.25, 0.3) is 0 Å². The van der Waals surface area contributed by atoms with E-state index in [9.17, 15) is 13.5 Å². The fourth-order valence-electron chi connectivity index (χ4n) is 3.00. The fourth-order valence-corrected chi connectivity index (χ4v) is 4.83. The van der Waals surface area contributed by atoms with Crippen molar-refractivity contribution >= 4 is 9.84 Å². The first-order valence-corrected chi connectivity index (χ1v) is 8.67. The van der Waals surface area contributed by atoms with Crippen molar-refractivity contribution in [3.63, 3.8) is 0 Å². The lowest BCUT2D eigenvalue weighted by Crippen LogP contribution is -2.48. The molecule has 2 atom stereocenters. The molecule has 106 valence electrons. The van der Waals surface area contributed by atoms with Gasteiger partial charge in [-0.05, 0) is 44.9 Å². The van der Waals surface area contributed by atoms with E-state index in [4.69, 9.17) is 0 Å². The van der Waals surface area contributed by atoms with Gasteiger partial charge in [0.1, 0.15) is 0 Å². The number of hydrogen-bond acceptors (Lipinski definition) is 5. The fraction of sp³-hybridized carbons (Fsp3) is 1.00. The predicted octanol–water partition coefficient (Wildman–Crippen LogP) is -0.534. The molecule has 0 aromatic carbocycles. The van der Waals surface area contributed by atoms with Crippen molar-refractivity contribution in [1.29, 1.82) is 0 Å². The van der Waals surface area contributed by atoms with Crippen LogP contribution in [0.4, 0.5) is 0 Å². The first-order valence-electron chi connectivity index (χ1n) is 6.85. The highest BCUT2D eigenvalue weighted by molar-refractivity contribution is 7.91. The smallest absolute Gasteiger partial charge is 0.154 e. The molecule has 2 saturated heterocycles. The Bertz CT molecular complexity index is 364. The third-order valence-electron chi connectivity index (χ3n) is 4.09. The monoisotopic (exact) mass is 276 g/mol. The predicted molar refractivity (Wildman–Crippen MR) is 71.3 cm³/mol. The summed E-state index contributed by atoms with van der Waals surface area (Å²) in [4.78, 5) is 2.16. The van der Waals surface area contributed by atoms with Gasteiger partial charge in [-0.1, -0.05) is 6.92 Å². The van der Waals surface area contributed by atoms with Gasteiger partial charge in [0.2, 0.25) is 0 Å². The van der Waals surface area contributed by atoms with Gasteiger partial charge in [0.05, 0.1) is 23.7 Å². The lowest BCUT2D eigenvalue weighted by atomic mass is 9.95. The second-order valence-corrected chi connectivity index (χ2v) is 7.65. The van der Waals surface area contributed by atoms with E-state index in [1.807, 2.05) is 0 Å². The Morgan fingerprint density at radius 1 is 1.28 bits per heavy atom. The molecule has 2 unspecified atom stereocenters. The minimum atomic E-state index is -3.03. The standard InChI is InChI=1S/C12H24N2O3S/c1-2-13-7-10-3-5-14(6-4-10)11-8-18(16,17)9-12(11)15/h10-13,15H,2-9H2,1H3. The maximum absolute atomic E-state index is 11.5. The van der Waals surface area contributed by atoms with Gasteiger partial charge in [0.25, 0.3) is 0 Å². The summed E-state index contributed by atoms with van der Waals surface area (Å²) in [5.41, 5.74) is 0. The van der Waals surface area contributed by atoms with Crippen LogP contribution in [0.3, 0.4) is 0 Å². The SMILES string of the molecule is CCNCC1CCN(C2CS(=O)(=O)CC2O)CC1. The molecule has 0 aliphatic carbocycles. The topological polar surface area (TPSA) is 69.6 Å². The molecule has 0 radical (unpaired) electrons. The van der Waals surface area contributed by atoms with Crippen LogP contribution in [-0.2, 0) is 9.84 Å². The molecule has 2 rings (SSSR count). The van der Waals surface area contributed by atoms with E-state index in [0.29, 0.717) is 5.92 Å². The number of likely N-dealkylation sites (tertiary alicyclic amines) is 1. The van der Waals surface area contributed by atoms with Crippen LogP contribution < -0.4 is 5.32 Å². The summed E-state index contributed by atoms with van der Waals surface area (Å²) in [7, 11) is -3.03. The normalized spacial score (nSPS) is 33.9. The number of aliphatic hydroxyl groups excluding tert-OH is 1. The van der Waals surface area contributed by atoms with Crippen LogP contribution in [0.15, 0.2) is 0 Å². The van der Waals surface area contributed by atoms with Crippen LogP contribution in [-0.4, -0.2) is 68.3 Å². The Hall–Kier alpha value is -0.170. The van der Waals surface area contributed by atoms with Gasteiger partial charge in [-0.2, -0.15) is 0 Å². The van der Waals surface area contributed by atoms with Gasteiger partial charge in [-0.15, -0.1) is 0 Å². The van der Waals surface area contributed by atoms with Gasteiger partial charge in [-0.25, -0.2) is 8.42 Å². The van der Waals surface area contributed by atoms with Gasteiger partial charge in [0, 0.05) is 0 Å². The summed E-state index contributed by atoms with van der Waals surface area (Å²) < 4.78 is 23.0. The number of piperidine rings is 1. The summed E-state index contributed by atoms with van der Waals surface area (Å²) >= 11 is 0. The summed E-state index contributed by atoms with van der Waals surface area (Å²) in [6, 6.07) is -0.171. The van der Waals surface area contributed by atoms with Crippen molar-refractivity contribution in [1.82, 2.24) is 10.2 Å². The molecule has 5 nitrogen and oxygen atoms in total. The van der Waals surface area contributed by atoms with Crippen LogP contribution in [0.5, 0.6) is 0 Å². The van der Waals surface area contributed by atoms with Crippen molar-refractivity contribution < 1.29 is 13.5 Å². The molecule has 0 spiro atoms. The lowest BCUT2D eigenvalue weighted by Gasteiger charge is -2.36. The van der Waals surface area contributed by atoms with Crippen molar-refractivity contribution in [3.8, 4) is 0 Å². The highest BCUT2D eigenvalue weighted by Gasteiger charge is 2.40. The van der Waals surface area contributed by atoms with E-state index in [2.05, 4.69) is 17.1 Å². The first-order chi connectivity index (χ1) is 8.52. The zero-order valence-electron chi connectivity index (χ0n) is 11.0. The average Bonchev–Trinajstić information content (AvgIpc) is 2.61. The minimum absolute atomic E-state index is 0.0605.